The number of thioether (sulfide) groups is 1. The number of rotatable bonds is 5. The Kier molecular flexibility index (Phi) is 5.46. The van der Waals surface area contributed by atoms with Crippen LogP contribution in [0.3, 0.4) is 0 Å². The number of pyridine rings is 1. The van der Waals surface area contributed by atoms with Crippen LogP contribution in [0.15, 0.2) is 45.9 Å². The van der Waals surface area contributed by atoms with Gasteiger partial charge in [-0.3, -0.25) is 0 Å². The normalized spacial score (nSPS) is 12.3. The quantitative estimate of drug-likeness (QED) is 0.804. The SMILES string of the molecule is CNC(CSc1cccc(Br)c1)c1c(C)ccnc1N. The van der Waals surface area contributed by atoms with Gasteiger partial charge < -0.3 is 11.1 Å². The summed E-state index contributed by atoms with van der Waals surface area (Å²) in [6, 6.07) is 10.5. The van der Waals surface area contributed by atoms with Gasteiger partial charge in [-0.1, -0.05) is 22.0 Å². The van der Waals surface area contributed by atoms with E-state index in [0.717, 1.165) is 15.8 Å². The Hall–Kier alpha value is -1.04. The Labute approximate surface area is 132 Å². The molecular formula is C15H18BrN3S. The van der Waals surface area contributed by atoms with E-state index < -0.39 is 0 Å². The highest BCUT2D eigenvalue weighted by Gasteiger charge is 2.16. The number of halogens is 1. The Bertz CT molecular complexity index is 569. The molecular weight excluding hydrogens is 334 g/mol. The van der Waals surface area contributed by atoms with Crippen LogP contribution in [0.25, 0.3) is 0 Å². The maximum Gasteiger partial charge on any atom is 0.128 e. The van der Waals surface area contributed by atoms with Gasteiger partial charge in [0.1, 0.15) is 5.82 Å². The van der Waals surface area contributed by atoms with Crippen molar-refractivity contribution in [2.45, 2.75) is 17.9 Å². The lowest BCUT2D eigenvalue weighted by Crippen LogP contribution is -2.21. The van der Waals surface area contributed by atoms with Crippen LogP contribution in [0.5, 0.6) is 0 Å². The van der Waals surface area contributed by atoms with Crippen molar-refractivity contribution < 1.29 is 0 Å². The van der Waals surface area contributed by atoms with Gasteiger partial charge in [0.2, 0.25) is 0 Å². The summed E-state index contributed by atoms with van der Waals surface area (Å²) in [6.45, 7) is 2.07. The van der Waals surface area contributed by atoms with E-state index in [2.05, 4.69) is 45.3 Å². The molecule has 0 aliphatic heterocycles. The first-order valence-corrected chi connectivity index (χ1v) is 8.16. The summed E-state index contributed by atoms with van der Waals surface area (Å²) in [5, 5.41) is 3.33. The number of benzene rings is 1. The maximum absolute atomic E-state index is 6.02. The molecule has 2 aromatic rings. The third kappa shape index (κ3) is 3.75. The van der Waals surface area contributed by atoms with Gasteiger partial charge in [0.05, 0.1) is 0 Å². The second-order valence-corrected chi connectivity index (χ2v) is 6.55. The van der Waals surface area contributed by atoms with Gasteiger partial charge in [-0.2, -0.15) is 0 Å². The zero-order valence-corrected chi connectivity index (χ0v) is 14.0. The molecule has 1 aromatic heterocycles. The fourth-order valence-corrected chi connectivity index (χ4v) is 3.72. The molecule has 0 bridgehead atoms. The minimum absolute atomic E-state index is 0.188. The lowest BCUT2D eigenvalue weighted by Gasteiger charge is -2.19. The van der Waals surface area contributed by atoms with Crippen molar-refractivity contribution >= 4 is 33.5 Å². The highest BCUT2D eigenvalue weighted by molar-refractivity contribution is 9.10. The second kappa shape index (κ2) is 7.11. The van der Waals surface area contributed by atoms with Gasteiger partial charge in [-0.15, -0.1) is 11.8 Å². The van der Waals surface area contributed by atoms with E-state index in [0.29, 0.717) is 5.82 Å². The summed E-state index contributed by atoms with van der Waals surface area (Å²) >= 11 is 5.30. The Morgan fingerprint density at radius 1 is 1.40 bits per heavy atom. The molecule has 0 spiro atoms. The van der Waals surface area contributed by atoms with Crippen LogP contribution in [-0.2, 0) is 0 Å². The lowest BCUT2D eigenvalue weighted by molar-refractivity contribution is 0.657. The number of nitrogens with two attached hydrogens (primary N) is 1. The second-order valence-electron chi connectivity index (χ2n) is 4.54. The molecule has 1 heterocycles. The number of nitrogens with zero attached hydrogens (tertiary/aromatic N) is 1. The van der Waals surface area contributed by atoms with Crippen LogP contribution in [-0.4, -0.2) is 17.8 Å². The summed E-state index contributed by atoms with van der Waals surface area (Å²) in [4.78, 5) is 5.43. The van der Waals surface area contributed by atoms with E-state index >= 15 is 0 Å². The Morgan fingerprint density at radius 2 is 2.20 bits per heavy atom. The standard InChI is InChI=1S/C15H18BrN3S/c1-10-6-7-19-15(17)14(10)13(18-2)9-20-12-5-3-4-11(16)8-12/h3-8,13,18H,9H2,1-2H3,(H2,17,19). The fourth-order valence-electron chi connectivity index (χ4n) is 2.09. The van der Waals surface area contributed by atoms with Gasteiger partial charge in [-0.25, -0.2) is 4.98 Å². The first-order chi connectivity index (χ1) is 9.61. The molecule has 0 aliphatic carbocycles. The molecule has 5 heteroatoms. The number of nitrogen functional groups attached to an aromatic ring is 1. The molecule has 1 unspecified atom stereocenters. The molecule has 0 aliphatic rings. The molecule has 0 saturated heterocycles. The number of aryl methyl sites for hydroxylation is 1. The van der Waals surface area contributed by atoms with Crippen molar-refractivity contribution in [3.8, 4) is 0 Å². The minimum atomic E-state index is 0.188. The van der Waals surface area contributed by atoms with Crippen molar-refractivity contribution in [2.75, 3.05) is 18.5 Å². The molecule has 106 valence electrons. The van der Waals surface area contributed by atoms with E-state index in [4.69, 9.17) is 5.73 Å². The zero-order valence-electron chi connectivity index (χ0n) is 11.6. The molecule has 0 fully saturated rings. The molecule has 20 heavy (non-hydrogen) atoms. The summed E-state index contributed by atoms with van der Waals surface area (Å²) in [6.07, 6.45) is 1.75. The monoisotopic (exact) mass is 351 g/mol. The van der Waals surface area contributed by atoms with Crippen molar-refractivity contribution in [3.05, 3.63) is 52.1 Å². The summed E-state index contributed by atoms with van der Waals surface area (Å²) in [5.41, 5.74) is 8.29. The fraction of sp³-hybridized carbons (Fsp3) is 0.267. The summed E-state index contributed by atoms with van der Waals surface area (Å²) < 4.78 is 1.10. The Balaban J connectivity index is 2.13. The van der Waals surface area contributed by atoms with Crippen LogP contribution < -0.4 is 11.1 Å². The predicted octanol–water partition coefficient (Wildman–Crippen LogP) is 3.79. The van der Waals surface area contributed by atoms with Crippen molar-refractivity contribution in [1.82, 2.24) is 10.3 Å². The minimum Gasteiger partial charge on any atom is -0.383 e. The number of nitrogens with one attached hydrogen (secondary N) is 1. The lowest BCUT2D eigenvalue weighted by atomic mass is 10.0. The summed E-state index contributed by atoms with van der Waals surface area (Å²) in [5.74, 6) is 1.52. The molecule has 3 N–H and O–H groups in total. The number of hydrogen-bond acceptors (Lipinski definition) is 4. The van der Waals surface area contributed by atoms with E-state index in [9.17, 15) is 0 Å². The van der Waals surface area contributed by atoms with E-state index in [1.54, 1.807) is 18.0 Å². The first kappa shape index (κ1) is 15.4. The van der Waals surface area contributed by atoms with Gasteiger partial charge in [0, 0.05) is 32.9 Å². The van der Waals surface area contributed by atoms with Gasteiger partial charge in [0.25, 0.3) is 0 Å². The van der Waals surface area contributed by atoms with Crippen LogP contribution in [0.1, 0.15) is 17.2 Å². The predicted molar refractivity (Wildman–Crippen MR) is 90.1 cm³/mol. The first-order valence-electron chi connectivity index (χ1n) is 6.38. The van der Waals surface area contributed by atoms with Crippen molar-refractivity contribution in [1.29, 1.82) is 0 Å². The van der Waals surface area contributed by atoms with Crippen LogP contribution in [0.4, 0.5) is 5.82 Å². The number of hydrogen-bond donors (Lipinski definition) is 2. The number of anilines is 1. The van der Waals surface area contributed by atoms with Gasteiger partial charge in [-0.05, 0) is 43.8 Å². The van der Waals surface area contributed by atoms with Crippen molar-refractivity contribution in [2.24, 2.45) is 0 Å². The molecule has 0 radical (unpaired) electrons. The molecule has 2 rings (SSSR count). The van der Waals surface area contributed by atoms with Crippen molar-refractivity contribution in [3.63, 3.8) is 0 Å². The van der Waals surface area contributed by atoms with E-state index in [1.165, 1.54) is 10.5 Å². The Morgan fingerprint density at radius 3 is 2.85 bits per heavy atom. The molecule has 1 aromatic carbocycles. The smallest absolute Gasteiger partial charge is 0.128 e. The zero-order chi connectivity index (χ0) is 14.5. The maximum atomic E-state index is 6.02. The highest BCUT2D eigenvalue weighted by Crippen LogP contribution is 2.29. The van der Waals surface area contributed by atoms with Crippen LogP contribution in [0.2, 0.25) is 0 Å². The average Bonchev–Trinajstić information content (AvgIpc) is 2.42. The third-order valence-electron chi connectivity index (χ3n) is 3.15. The molecule has 3 nitrogen and oxygen atoms in total. The third-order valence-corrected chi connectivity index (χ3v) is 4.73. The molecule has 0 saturated carbocycles. The summed E-state index contributed by atoms with van der Waals surface area (Å²) in [7, 11) is 1.96. The van der Waals surface area contributed by atoms with Gasteiger partial charge in [0.15, 0.2) is 0 Å². The number of aromatic nitrogens is 1. The van der Waals surface area contributed by atoms with Crippen LogP contribution in [0, 0.1) is 6.92 Å². The van der Waals surface area contributed by atoms with E-state index in [-0.39, 0.29) is 6.04 Å². The van der Waals surface area contributed by atoms with Crippen LogP contribution >= 0.6 is 27.7 Å². The largest absolute Gasteiger partial charge is 0.383 e. The molecule has 0 amide bonds. The topological polar surface area (TPSA) is 50.9 Å². The van der Waals surface area contributed by atoms with E-state index in [1.807, 2.05) is 25.2 Å². The van der Waals surface area contributed by atoms with Gasteiger partial charge >= 0.3 is 0 Å². The highest BCUT2D eigenvalue weighted by atomic mass is 79.9. The molecule has 1 atom stereocenters. The average molecular weight is 352 g/mol.